The fourth-order valence-corrected chi connectivity index (χ4v) is 8.87. The molecule has 0 saturated heterocycles. The summed E-state index contributed by atoms with van der Waals surface area (Å²) >= 11 is 0. The van der Waals surface area contributed by atoms with Crippen LogP contribution in [0.2, 0.25) is 0 Å². The van der Waals surface area contributed by atoms with Crippen LogP contribution in [0, 0.1) is 11.8 Å². The fourth-order valence-electron chi connectivity index (χ4n) is 8.87. The summed E-state index contributed by atoms with van der Waals surface area (Å²) in [7, 11) is 1.69. The highest BCUT2D eigenvalue weighted by Crippen LogP contribution is 2.26. The summed E-state index contributed by atoms with van der Waals surface area (Å²) in [6.07, 6.45) is 42.3. The molecule has 0 amide bonds. The van der Waals surface area contributed by atoms with Crippen LogP contribution in [0.1, 0.15) is 253 Å². The van der Waals surface area contributed by atoms with Crippen LogP contribution in [0.5, 0.6) is 0 Å². The number of nitrogens with one attached hydrogen (secondary N) is 2. The van der Waals surface area contributed by atoms with Crippen LogP contribution in [0.15, 0.2) is 9.59 Å². The lowest BCUT2D eigenvalue weighted by Gasteiger charge is -2.23. The third-order valence-electron chi connectivity index (χ3n) is 12.9. The summed E-state index contributed by atoms with van der Waals surface area (Å²) in [6.45, 7) is 15.6. The van der Waals surface area contributed by atoms with E-state index in [0.29, 0.717) is 24.3 Å². The van der Waals surface area contributed by atoms with Crippen molar-refractivity contribution in [2.75, 3.05) is 43.9 Å². The molecule has 0 heterocycles. The molecule has 0 fully saturated rings. The Labute approximate surface area is 365 Å². The summed E-state index contributed by atoms with van der Waals surface area (Å²) < 4.78 is 6.08. The molecule has 1 aromatic carbocycles. The molecule has 1 atom stereocenters. The summed E-state index contributed by atoms with van der Waals surface area (Å²) in [6, 6.07) is 0. The van der Waals surface area contributed by atoms with Gasteiger partial charge in [0.05, 0.1) is 0 Å². The molecule has 0 aliphatic carbocycles. The third kappa shape index (κ3) is 29.1. The average Bonchev–Trinajstić information content (AvgIpc) is 3.23. The molecule has 0 aliphatic rings. The Hall–Kier alpha value is -1.89. The third-order valence-corrected chi connectivity index (χ3v) is 12.9. The molecule has 59 heavy (non-hydrogen) atoms. The predicted molar refractivity (Wildman–Crippen MR) is 258 cm³/mol. The Morgan fingerprint density at radius 1 is 0.508 bits per heavy atom. The van der Waals surface area contributed by atoms with E-state index in [2.05, 4.69) is 50.2 Å². The minimum Gasteiger partial charge on any atom is -0.462 e. The summed E-state index contributed by atoms with van der Waals surface area (Å²) in [5.74, 6) is 1.73. The molecular formula is C52H99N3O4. The van der Waals surface area contributed by atoms with Crippen molar-refractivity contribution in [3.8, 4) is 0 Å². The topological polar surface area (TPSA) is 87.7 Å². The molecule has 1 rings (SSSR count). The second-order valence-electron chi connectivity index (χ2n) is 18.6. The normalized spacial score (nSPS) is 12.4. The van der Waals surface area contributed by atoms with Crippen molar-refractivity contribution in [1.29, 1.82) is 0 Å². The zero-order valence-corrected chi connectivity index (χ0v) is 40.2. The number of rotatable bonds is 45. The number of nitrogens with zero attached hydrogens (tertiary/aromatic N) is 1. The quantitative estimate of drug-likeness (QED) is 0.0384. The zero-order valence-electron chi connectivity index (χ0n) is 40.2. The number of anilines is 2. The van der Waals surface area contributed by atoms with Crippen LogP contribution >= 0.6 is 0 Å². The lowest BCUT2D eigenvalue weighted by Crippen LogP contribution is -2.37. The second-order valence-corrected chi connectivity index (χ2v) is 18.6. The minimum absolute atomic E-state index is 0.0187. The second kappa shape index (κ2) is 39.0. The van der Waals surface area contributed by atoms with Crippen LogP contribution in [0.3, 0.4) is 0 Å². The Kier molecular flexibility index (Phi) is 36.4. The maximum absolute atomic E-state index is 12.9. The van der Waals surface area contributed by atoms with E-state index in [9.17, 15) is 14.4 Å². The van der Waals surface area contributed by atoms with Crippen molar-refractivity contribution in [1.82, 2.24) is 4.90 Å². The molecule has 2 N–H and O–H groups in total. The van der Waals surface area contributed by atoms with Crippen molar-refractivity contribution < 1.29 is 9.53 Å². The molecule has 0 saturated carbocycles. The SMILES string of the molecule is CCCCCCCCC(CCCCCCCC)OC(=O)CCCCCCCN(CCCCCCCCC(CCCCCCC)C(C)C)CCCNc1c(NC)c(=O)c1=O. The van der Waals surface area contributed by atoms with Crippen LogP contribution in [0.4, 0.5) is 11.4 Å². The number of hydrogen-bond donors (Lipinski definition) is 2. The Balaban J connectivity index is 2.41. The monoisotopic (exact) mass is 830 g/mol. The van der Waals surface area contributed by atoms with Gasteiger partial charge in [-0.3, -0.25) is 14.4 Å². The van der Waals surface area contributed by atoms with Crippen LogP contribution < -0.4 is 21.5 Å². The van der Waals surface area contributed by atoms with Crippen molar-refractivity contribution in [2.24, 2.45) is 11.8 Å². The number of carbonyl (C=O) groups excluding carboxylic acids is 1. The molecule has 0 radical (unpaired) electrons. The average molecular weight is 830 g/mol. The minimum atomic E-state index is -0.415. The highest BCUT2D eigenvalue weighted by Gasteiger charge is 2.19. The molecule has 346 valence electrons. The lowest BCUT2D eigenvalue weighted by molar-refractivity contribution is -0.150. The Morgan fingerprint density at radius 2 is 0.898 bits per heavy atom. The summed E-state index contributed by atoms with van der Waals surface area (Å²) in [5, 5.41) is 6.08. The molecule has 1 aromatic rings. The van der Waals surface area contributed by atoms with Gasteiger partial charge in [-0.05, 0) is 82.8 Å². The van der Waals surface area contributed by atoms with Crippen molar-refractivity contribution in [2.45, 2.75) is 259 Å². The van der Waals surface area contributed by atoms with E-state index in [4.69, 9.17) is 4.74 Å². The highest BCUT2D eigenvalue weighted by molar-refractivity contribution is 5.73. The van der Waals surface area contributed by atoms with E-state index in [1.807, 2.05) is 0 Å². The van der Waals surface area contributed by atoms with Crippen LogP contribution in [-0.2, 0) is 9.53 Å². The molecule has 0 bridgehead atoms. The Morgan fingerprint density at radius 3 is 1.36 bits per heavy atom. The van der Waals surface area contributed by atoms with Gasteiger partial charge < -0.3 is 20.3 Å². The molecule has 0 spiro atoms. The van der Waals surface area contributed by atoms with E-state index in [-0.39, 0.29) is 12.1 Å². The first kappa shape index (κ1) is 55.1. The summed E-state index contributed by atoms with van der Waals surface area (Å²) in [5.41, 5.74) is 0.0548. The lowest BCUT2D eigenvalue weighted by atomic mass is 9.85. The van der Waals surface area contributed by atoms with Gasteiger partial charge >= 0.3 is 5.97 Å². The zero-order chi connectivity index (χ0) is 43.2. The number of carbonyl (C=O) groups is 1. The van der Waals surface area contributed by atoms with E-state index >= 15 is 0 Å². The van der Waals surface area contributed by atoms with E-state index in [0.717, 1.165) is 70.0 Å². The number of ether oxygens (including phenoxy) is 1. The van der Waals surface area contributed by atoms with Crippen molar-refractivity contribution >= 4 is 17.3 Å². The summed E-state index contributed by atoms with van der Waals surface area (Å²) in [4.78, 5) is 39.3. The first-order valence-electron chi connectivity index (χ1n) is 26.0. The van der Waals surface area contributed by atoms with Gasteiger partial charge in [0.1, 0.15) is 17.5 Å². The van der Waals surface area contributed by atoms with E-state index < -0.39 is 10.9 Å². The predicted octanol–water partition coefficient (Wildman–Crippen LogP) is 14.5. The largest absolute Gasteiger partial charge is 0.462 e. The van der Waals surface area contributed by atoms with Crippen molar-refractivity contribution in [3.63, 3.8) is 0 Å². The molecule has 7 nitrogen and oxygen atoms in total. The molecule has 1 unspecified atom stereocenters. The molecule has 7 heteroatoms. The number of hydrogen-bond acceptors (Lipinski definition) is 7. The Bertz CT molecular complexity index is 1150. The fraction of sp³-hybridized carbons (Fsp3) is 0.904. The standard InChI is InChI=1S/C52H99N3O4/c1-7-10-13-16-23-30-38-47(39-31-24-17-14-11-8-2)59-48(56)40-32-25-20-27-34-43-55(44-35-41-54-50-49(53-6)51(57)52(50)58)42-33-26-19-18-22-29-37-46(45(4)5)36-28-21-15-12-9-3/h45-47,53-54H,7-44H2,1-6H3. The first-order chi connectivity index (χ1) is 28.8. The van der Waals surface area contributed by atoms with Gasteiger partial charge in [0.2, 0.25) is 0 Å². The first-order valence-corrected chi connectivity index (χ1v) is 26.0. The molecule has 0 aliphatic heterocycles. The van der Waals surface area contributed by atoms with Gasteiger partial charge in [-0.2, -0.15) is 0 Å². The highest BCUT2D eigenvalue weighted by atomic mass is 16.5. The molecule has 0 aromatic heterocycles. The van der Waals surface area contributed by atoms with Gasteiger partial charge in [0.15, 0.2) is 0 Å². The van der Waals surface area contributed by atoms with Gasteiger partial charge in [-0.15, -0.1) is 0 Å². The van der Waals surface area contributed by atoms with Crippen molar-refractivity contribution in [3.05, 3.63) is 20.4 Å². The van der Waals surface area contributed by atoms with Crippen LogP contribution in [-0.4, -0.2) is 50.2 Å². The van der Waals surface area contributed by atoms with Gasteiger partial charge in [0, 0.05) is 20.0 Å². The smallest absolute Gasteiger partial charge is 0.306 e. The van der Waals surface area contributed by atoms with E-state index in [1.54, 1.807) is 7.05 Å². The van der Waals surface area contributed by atoms with E-state index in [1.165, 1.54) is 173 Å². The van der Waals surface area contributed by atoms with Gasteiger partial charge in [0.25, 0.3) is 10.9 Å². The van der Waals surface area contributed by atoms with Crippen LogP contribution in [0.25, 0.3) is 0 Å². The maximum Gasteiger partial charge on any atom is 0.306 e. The number of esters is 1. The van der Waals surface area contributed by atoms with Gasteiger partial charge in [-0.1, -0.05) is 195 Å². The molecular weight excluding hydrogens is 731 g/mol. The number of unbranched alkanes of at least 4 members (excludes halogenated alkanes) is 23. The maximum atomic E-state index is 12.9. The van der Waals surface area contributed by atoms with Gasteiger partial charge in [-0.25, -0.2) is 0 Å².